The summed E-state index contributed by atoms with van der Waals surface area (Å²) >= 11 is 0. The van der Waals surface area contributed by atoms with E-state index in [1.807, 2.05) is 16.8 Å². The molecule has 4 rings (SSSR count). The van der Waals surface area contributed by atoms with Crippen molar-refractivity contribution in [2.24, 2.45) is 17.8 Å². The number of hydrogen-bond acceptors (Lipinski definition) is 6. The van der Waals surface area contributed by atoms with Gasteiger partial charge in [0.05, 0.1) is 19.3 Å². The summed E-state index contributed by atoms with van der Waals surface area (Å²) in [7, 11) is 2.04. The molecule has 0 unspecified atom stereocenters. The molecule has 0 N–H and O–H groups in total. The number of likely N-dealkylation sites (tertiary alicyclic amines) is 2. The molecule has 212 valence electrons. The van der Waals surface area contributed by atoms with Gasteiger partial charge in [0.15, 0.2) is 5.79 Å². The van der Waals surface area contributed by atoms with Gasteiger partial charge in [-0.3, -0.25) is 14.5 Å². The van der Waals surface area contributed by atoms with E-state index in [4.69, 9.17) is 9.47 Å². The molecule has 4 aliphatic rings. The van der Waals surface area contributed by atoms with Crippen LogP contribution in [-0.4, -0.2) is 115 Å². The Labute approximate surface area is 225 Å². The predicted octanol–water partition coefficient (Wildman–Crippen LogP) is 3.06. The number of hydrogen-bond donors (Lipinski definition) is 0. The van der Waals surface area contributed by atoms with Crippen LogP contribution in [0.15, 0.2) is 0 Å². The summed E-state index contributed by atoms with van der Waals surface area (Å²) in [6, 6.07) is -0.527. The first-order valence-corrected chi connectivity index (χ1v) is 14.9. The second-order valence-electron chi connectivity index (χ2n) is 13.0. The van der Waals surface area contributed by atoms with Gasteiger partial charge in [-0.15, -0.1) is 0 Å². The van der Waals surface area contributed by atoms with E-state index in [1.54, 1.807) is 0 Å². The number of rotatable bonds is 8. The van der Waals surface area contributed by atoms with Crippen molar-refractivity contribution in [3.05, 3.63) is 0 Å². The van der Waals surface area contributed by atoms with Crippen LogP contribution < -0.4 is 0 Å². The fourth-order valence-corrected chi connectivity index (χ4v) is 6.78. The van der Waals surface area contributed by atoms with Gasteiger partial charge in [0.1, 0.15) is 6.04 Å². The van der Waals surface area contributed by atoms with Crippen LogP contribution >= 0.6 is 0 Å². The summed E-state index contributed by atoms with van der Waals surface area (Å²) in [5.41, 5.74) is 0. The highest BCUT2D eigenvalue weighted by Gasteiger charge is 2.47. The van der Waals surface area contributed by atoms with E-state index in [9.17, 15) is 9.59 Å². The van der Waals surface area contributed by atoms with E-state index in [-0.39, 0.29) is 23.9 Å². The number of likely N-dealkylation sites (N-methyl/N-ethyl adjacent to an activating group) is 1. The number of amides is 2. The minimum Gasteiger partial charge on any atom is -0.349 e. The van der Waals surface area contributed by atoms with Gasteiger partial charge in [0, 0.05) is 51.0 Å². The molecule has 0 radical (unpaired) electrons. The van der Waals surface area contributed by atoms with E-state index >= 15 is 0 Å². The highest BCUT2D eigenvalue weighted by Crippen LogP contribution is 2.36. The maximum absolute atomic E-state index is 14.0. The Kier molecular flexibility index (Phi) is 9.58. The molecule has 3 atom stereocenters. The van der Waals surface area contributed by atoms with Crippen LogP contribution in [0.2, 0.25) is 0 Å². The zero-order chi connectivity index (χ0) is 26.7. The summed E-state index contributed by atoms with van der Waals surface area (Å²) in [6.45, 7) is 17.7. The van der Waals surface area contributed by atoms with Gasteiger partial charge >= 0.3 is 0 Å². The van der Waals surface area contributed by atoms with E-state index in [2.05, 4.69) is 44.4 Å². The number of piperidine rings is 1. The molecule has 4 fully saturated rings. The fraction of sp³-hybridized carbons (Fsp3) is 0.931. The van der Waals surface area contributed by atoms with Crippen molar-refractivity contribution in [3.63, 3.8) is 0 Å². The zero-order valence-electron chi connectivity index (χ0n) is 24.3. The lowest BCUT2D eigenvalue weighted by molar-refractivity contribution is -0.303. The molecule has 0 aromatic carbocycles. The molecule has 0 bridgehead atoms. The Bertz CT molecular complexity index is 776. The Morgan fingerprint density at radius 2 is 1.68 bits per heavy atom. The second-order valence-corrected chi connectivity index (χ2v) is 13.0. The van der Waals surface area contributed by atoms with Crippen molar-refractivity contribution in [1.82, 2.24) is 19.6 Å². The van der Waals surface area contributed by atoms with Gasteiger partial charge in [0.2, 0.25) is 11.8 Å². The van der Waals surface area contributed by atoms with Crippen LogP contribution in [0.5, 0.6) is 0 Å². The summed E-state index contributed by atoms with van der Waals surface area (Å²) < 4.78 is 12.8. The molecule has 0 aromatic rings. The van der Waals surface area contributed by atoms with Crippen molar-refractivity contribution in [3.8, 4) is 0 Å². The highest BCUT2D eigenvalue weighted by molar-refractivity contribution is 5.90. The average molecular weight is 521 g/mol. The first-order valence-electron chi connectivity index (χ1n) is 14.9. The van der Waals surface area contributed by atoms with Crippen LogP contribution in [0.3, 0.4) is 0 Å². The SMILES string of the molecule is CC(C)C[C@H]1C(=O)N([C@@H](CC(C)C)C(=O)N2CCC3(C[C@H]2C)OCC(CN2CCCC2)CO3)CCN1C. The first-order chi connectivity index (χ1) is 17.6. The van der Waals surface area contributed by atoms with Crippen molar-refractivity contribution in [2.75, 3.05) is 59.5 Å². The van der Waals surface area contributed by atoms with Gasteiger partial charge in [-0.05, 0) is 64.6 Å². The Morgan fingerprint density at radius 3 is 2.27 bits per heavy atom. The second kappa shape index (κ2) is 12.3. The van der Waals surface area contributed by atoms with Crippen molar-refractivity contribution < 1.29 is 19.1 Å². The lowest BCUT2D eigenvalue weighted by atomic mass is 9.92. The van der Waals surface area contributed by atoms with Crippen molar-refractivity contribution in [1.29, 1.82) is 0 Å². The lowest BCUT2D eigenvalue weighted by Crippen LogP contribution is -2.64. The number of ether oxygens (including phenoxy) is 2. The molecule has 8 heteroatoms. The number of carbonyl (C=O) groups is 2. The van der Waals surface area contributed by atoms with Gasteiger partial charge in [0.25, 0.3) is 0 Å². The molecule has 1 spiro atoms. The average Bonchev–Trinajstić information content (AvgIpc) is 3.35. The highest BCUT2D eigenvalue weighted by atomic mass is 16.7. The maximum atomic E-state index is 14.0. The van der Waals surface area contributed by atoms with E-state index in [0.717, 1.165) is 32.7 Å². The van der Waals surface area contributed by atoms with Gasteiger partial charge in [-0.2, -0.15) is 0 Å². The minimum absolute atomic E-state index is 0.0140. The molecule has 4 saturated heterocycles. The number of carbonyl (C=O) groups excluding carboxylic acids is 2. The maximum Gasteiger partial charge on any atom is 0.245 e. The third-order valence-corrected chi connectivity index (χ3v) is 8.88. The quantitative estimate of drug-likeness (QED) is 0.490. The normalized spacial score (nSPS) is 33.2. The molecule has 8 nitrogen and oxygen atoms in total. The van der Waals surface area contributed by atoms with E-state index < -0.39 is 11.8 Å². The van der Waals surface area contributed by atoms with E-state index in [0.29, 0.717) is 50.1 Å². The minimum atomic E-state index is -0.572. The largest absolute Gasteiger partial charge is 0.349 e. The summed E-state index contributed by atoms with van der Waals surface area (Å²) in [5.74, 6) is 0.826. The smallest absolute Gasteiger partial charge is 0.245 e. The molecular weight excluding hydrogens is 468 g/mol. The monoisotopic (exact) mass is 520 g/mol. The molecule has 4 aliphatic heterocycles. The van der Waals surface area contributed by atoms with Gasteiger partial charge < -0.3 is 24.2 Å². The molecule has 2 amide bonds. The molecule has 0 aliphatic carbocycles. The first kappa shape index (κ1) is 28.8. The van der Waals surface area contributed by atoms with Crippen LogP contribution in [0.4, 0.5) is 0 Å². The molecule has 37 heavy (non-hydrogen) atoms. The topological polar surface area (TPSA) is 65.6 Å². The number of nitrogens with zero attached hydrogens (tertiary/aromatic N) is 4. The third-order valence-electron chi connectivity index (χ3n) is 8.88. The van der Waals surface area contributed by atoms with Crippen LogP contribution in [0.1, 0.15) is 73.1 Å². The number of piperazine rings is 1. The Morgan fingerprint density at radius 1 is 1.00 bits per heavy atom. The fourth-order valence-electron chi connectivity index (χ4n) is 6.78. The molecule has 0 saturated carbocycles. The van der Waals surface area contributed by atoms with Crippen LogP contribution in [-0.2, 0) is 19.1 Å². The molecular formula is C29H52N4O4. The summed E-state index contributed by atoms with van der Waals surface area (Å²) in [4.78, 5) is 36.3. The van der Waals surface area contributed by atoms with E-state index in [1.165, 1.54) is 25.9 Å². The predicted molar refractivity (Wildman–Crippen MR) is 145 cm³/mol. The summed E-state index contributed by atoms with van der Waals surface area (Å²) in [6.07, 6.45) is 5.51. The molecule has 4 heterocycles. The van der Waals surface area contributed by atoms with Crippen LogP contribution in [0.25, 0.3) is 0 Å². The Hall–Kier alpha value is -1.22. The Balaban J connectivity index is 1.38. The lowest BCUT2D eigenvalue weighted by Gasteiger charge is -2.50. The standard InChI is InChI=1S/C29H52N4O4/c1-21(2)15-25-27(34)33(14-13-30(25)6)26(16-22(3)4)28(35)32-12-9-29(17-23(32)5)36-19-24(20-37-29)18-31-10-7-8-11-31/h21-26H,7-20H2,1-6H3/t23-,24?,25+,26+,29?/m1/s1. The van der Waals surface area contributed by atoms with Crippen LogP contribution in [0, 0.1) is 17.8 Å². The van der Waals surface area contributed by atoms with Gasteiger partial charge in [-0.25, -0.2) is 0 Å². The zero-order valence-corrected chi connectivity index (χ0v) is 24.3. The molecule has 0 aromatic heterocycles. The third kappa shape index (κ3) is 6.87. The van der Waals surface area contributed by atoms with Crippen molar-refractivity contribution in [2.45, 2.75) is 97.1 Å². The van der Waals surface area contributed by atoms with Gasteiger partial charge in [-0.1, -0.05) is 27.7 Å². The summed E-state index contributed by atoms with van der Waals surface area (Å²) in [5, 5.41) is 0. The van der Waals surface area contributed by atoms with Crippen molar-refractivity contribution >= 4 is 11.8 Å².